The van der Waals surface area contributed by atoms with E-state index in [1.807, 2.05) is 30.3 Å². The van der Waals surface area contributed by atoms with Crippen LogP contribution in [0.3, 0.4) is 0 Å². The molecule has 2 unspecified atom stereocenters. The molecule has 0 radical (unpaired) electrons. The van der Waals surface area contributed by atoms with Crippen LogP contribution in [-0.2, 0) is 9.53 Å². The molecule has 1 saturated heterocycles. The number of esters is 1. The molecule has 4 heteroatoms. The van der Waals surface area contributed by atoms with Gasteiger partial charge in [0, 0.05) is 17.1 Å². The van der Waals surface area contributed by atoms with Crippen LogP contribution in [0.2, 0.25) is 0 Å². The first-order valence-corrected chi connectivity index (χ1v) is 5.88. The Bertz CT molecular complexity index is 342. The van der Waals surface area contributed by atoms with Crippen molar-refractivity contribution < 1.29 is 9.53 Å². The number of carbonyl (C=O) groups is 1. The van der Waals surface area contributed by atoms with Gasteiger partial charge >= 0.3 is 5.97 Å². The molecule has 0 saturated carbocycles. The second-order valence-corrected chi connectivity index (χ2v) is 4.62. The monoisotopic (exact) mass is 223 g/mol. The Morgan fingerprint density at radius 2 is 2.13 bits per heavy atom. The van der Waals surface area contributed by atoms with E-state index in [-0.39, 0.29) is 12.1 Å². The molecule has 1 aromatic rings. The molecule has 3 nitrogen and oxygen atoms in total. The lowest BCUT2D eigenvalue weighted by Crippen LogP contribution is -2.24. The fourth-order valence-corrected chi connectivity index (χ4v) is 2.42. The number of cyclic esters (lactones) is 1. The van der Waals surface area contributed by atoms with E-state index in [9.17, 15) is 4.79 Å². The maximum absolute atomic E-state index is 11.0. The van der Waals surface area contributed by atoms with Crippen LogP contribution in [0, 0.1) is 0 Å². The molecule has 80 valence electrons. The van der Waals surface area contributed by atoms with E-state index in [2.05, 4.69) is 0 Å². The summed E-state index contributed by atoms with van der Waals surface area (Å²) >= 11 is 1.69. The normalized spacial score (nSPS) is 25.3. The summed E-state index contributed by atoms with van der Waals surface area (Å²) in [5, 5.41) is 0. The number of hydrogen-bond donors (Lipinski definition) is 1. The van der Waals surface area contributed by atoms with Crippen LogP contribution in [-0.4, -0.2) is 23.9 Å². The van der Waals surface area contributed by atoms with Gasteiger partial charge in [0.1, 0.15) is 12.1 Å². The van der Waals surface area contributed by atoms with Crippen molar-refractivity contribution in [1.82, 2.24) is 0 Å². The molecule has 0 aromatic heterocycles. The van der Waals surface area contributed by atoms with E-state index in [1.165, 1.54) is 4.90 Å². The van der Waals surface area contributed by atoms with E-state index in [0.29, 0.717) is 6.42 Å². The number of thioether (sulfide) groups is 1. The summed E-state index contributed by atoms with van der Waals surface area (Å²) < 4.78 is 5.11. The van der Waals surface area contributed by atoms with E-state index < -0.39 is 6.04 Å². The fourth-order valence-electron chi connectivity index (χ4n) is 1.49. The van der Waals surface area contributed by atoms with Crippen LogP contribution in [0.4, 0.5) is 0 Å². The molecule has 2 N–H and O–H groups in total. The first-order chi connectivity index (χ1) is 7.25. The maximum atomic E-state index is 11.0. The van der Waals surface area contributed by atoms with Crippen LogP contribution >= 0.6 is 11.8 Å². The Balaban J connectivity index is 1.82. The van der Waals surface area contributed by atoms with E-state index in [1.54, 1.807) is 11.8 Å². The third kappa shape index (κ3) is 2.73. The molecule has 0 bridgehead atoms. The van der Waals surface area contributed by atoms with Crippen molar-refractivity contribution in [2.75, 3.05) is 5.75 Å². The lowest BCUT2D eigenvalue weighted by atomic mass is 10.2. The van der Waals surface area contributed by atoms with Gasteiger partial charge in [0.25, 0.3) is 0 Å². The molecule has 15 heavy (non-hydrogen) atoms. The minimum atomic E-state index is -0.425. The van der Waals surface area contributed by atoms with Gasteiger partial charge in [-0.3, -0.25) is 4.79 Å². The van der Waals surface area contributed by atoms with Gasteiger partial charge in [0.05, 0.1) is 0 Å². The summed E-state index contributed by atoms with van der Waals surface area (Å²) in [4.78, 5) is 12.2. The summed E-state index contributed by atoms with van der Waals surface area (Å²) in [5.41, 5.74) is 5.55. The van der Waals surface area contributed by atoms with Crippen molar-refractivity contribution in [3.05, 3.63) is 30.3 Å². The Labute approximate surface area is 93.0 Å². The van der Waals surface area contributed by atoms with Gasteiger partial charge in [-0.05, 0) is 12.1 Å². The highest BCUT2D eigenvalue weighted by Crippen LogP contribution is 2.23. The average Bonchev–Trinajstić information content (AvgIpc) is 2.57. The quantitative estimate of drug-likeness (QED) is 0.622. The van der Waals surface area contributed by atoms with Crippen molar-refractivity contribution in [2.24, 2.45) is 5.73 Å². The van der Waals surface area contributed by atoms with Crippen molar-refractivity contribution >= 4 is 17.7 Å². The Morgan fingerprint density at radius 1 is 1.40 bits per heavy atom. The Hall–Kier alpha value is -1.00. The van der Waals surface area contributed by atoms with Crippen molar-refractivity contribution in [2.45, 2.75) is 23.5 Å². The highest BCUT2D eigenvalue weighted by Gasteiger charge is 2.31. The molecule has 2 atom stereocenters. The number of ether oxygens (including phenoxy) is 1. The lowest BCUT2D eigenvalue weighted by Gasteiger charge is -2.07. The summed E-state index contributed by atoms with van der Waals surface area (Å²) in [6.07, 6.45) is 0.608. The van der Waals surface area contributed by atoms with Crippen LogP contribution < -0.4 is 5.73 Å². The minimum Gasteiger partial charge on any atom is -0.460 e. The summed E-state index contributed by atoms with van der Waals surface area (Å²) in [7, 11) is 0. The number of nitrogens with two attached hydrogens (primary N) is 1. The zero-order valence-corrected chi connectivity index (χ0v) is 9.07. The predicted octanol–water partition coefficient (Wildman–Crippen LogP) is 1.42. The molecular weight excluding hydrogens is 210 g/mol. The second-order valence-electron chi connectivity index (χ2n) is 3.53. The van der Waals surface area contributed by atoms with Crippen LogP contribution in [0.15, 0.2) is 35.2 Å². The first kappa shape index (κ1) is 10.5. The molecule has 2 rings (SSSR count). The molecule has 1 fully saturated rings. The molecule has 1 heterocycles. The van der Waals surface area contributed by atoms with E-state index in [4.69, 9.17) is 10.5 Å². The lowest BCUT2D eigenvalue weighted by molar-refractivity contribution is -0.141. The largest absolute Gasteiger partial charge is 0.460 e. The maximum Gasteiger partial charge on any atom is 0.323 e. The molecule has 1 aliphatic heterocycles. The molecule has 1 aliphatic rings. The number of rotatable bonds is 3. The fraction of sp³-hybridized carbons (Fsp3) is 0.364. The molecule has 0 aliphatic carbocycles. The Kier molecular flexibility index (Phi) is 3.28. The van der Waals surface area contributed by atoms with Gasteiger partial charge in [-0.1, -0.05) is 18.2 Å². The van der Waals surface area contributed by atoms with Gasteiger partial charge < -0.3 is 10.5 Å². The number of carbonyl (C=O) groups excluding carboxylic acids is 1. The van der Waals surface area contributed by atoms with Gasteiger partial charge in [0.15, 0.2) is 0 Å². The van der Waals surface area contributed by atoms with Crippen LogP contribution in [0.25, 0.3) is 0 Å². The third-order valence-electron chi connectivity index (χ3n) is 2.28. The van der Waals surface area contributed by atoms with Crippen molar-refractivity contribution in [3.8, 4) is 0 Å². The summed E-state index contributed by atoms with van der Waals surface area (Å²) in [6.45, 7) is 0. The first-order valence-electron chi connectivity index (χ1n) is 4.89. The highest BCUT2D eigenvalue weighted by atomic mass is 32.2. The standard InChI is InChI=1S/C11H13NO2S/c12-10-6-8(14-11(10)13)7-15-9-4-2-1-3-5-9/h1-5,8,10H,6-7,12H2. The predicted molar refractivity (Wildman–Crippen MR) is 59.6 cm³/mol. The molecule has 1 aromatic carbocycles. The van der Waals surface area contributed by atoms with Crippen molar-refractivity contribution in [1.29, 1.82) is 0 Å². The highest BCUT2D eigenvalue weighted by molar-refractivity contribution is 7.99. The van der Waals surface area contributed by atoms with E-state index >= 15 is 0 Å². The van der Waals surface area contributed by atoms with Crippen LogP contribution in [0.5, 0.6) is 0 Å². The SMILES string of the molecule is NC1CC(CSc2ccccc2)OC1=O. The summed E-state index contributed by atoms with van der Waals surface area (Å²) in [5.74, 6) is 0.511. The number of benzene rings is 1. The van der Waals surface area contributed by atoms with Crippen LogP contribution in [0.1, 0.15) is 6.42 Å². The van der Waals surface area contributed by atoms with Gasteiger partial charge in [-0.2, -0.15) is 0 Å². The Morgan fingerprint density at radius 3 is 2.73 bits per heavy atom. The molecular formula is C11H13NO2S. The molecule has 0 spiro atoms. The van der Waals surface area contributed by atoms with Gasteiger partial charge in [0.2, 0.25) is 0 Å². The average molecular weight is 223 g/mol. The van der Waals surface area contributed by atoms with Gasteiger partial charge in [-0.25, -0.2) is 0 Å². The second kappa shape index (κ2) is 4.68. The minimum absolute atomic E-state index is 0.0299. The third-order valence-corrected chi connectivity index (χ3v) is 3.43. The smallest absolute Gasteiger partial charge is 0.323 e. The molecule has 0 amide bonds. The van der Waals surface area contributed by atoms with Gasteiger partial charge in [-0.15, -0.1) is 11.8 Å². The topological polar surface area (TPSA) is 52.3 Å². The number of hydrogen-bond acceptors (Lipinski definition) is 4. The van der Waals surface area contributed by atoms with Crippen molar-refractivity contribution in [3.63, 3.8) is 0 Å². The summed E-state index contributed by atoms with van der Waals surface area (Å²) in [6, 6.07) is 9.63. The zero-order chi connectivity index (χ0) is 10.7. The zero-order valence-electron chi connectivity index (χ0n) is 8.26. The van der Waals surface area contributed by atoms with E-state index in [0.717, 1.165) is 5.75 Å².